The fraction of sp³-hybridized carbons (Fsp3) is 0.333. The minimum absolute atomic E-state index is 0.145. The number of nitrogens with two attached hydrogens (primary N) is 1. The van der Waals surface area contributed by atoms with Crippen molar-refractivity contribution in [2.24, 2.45) is 0 Å². The lowest BCUT2D eigenvalue weighted by atomic mass is 10.2. The van der Waals surface area contributed by atoms with Crippen molar-refractivity contribution in [1.82, 2.24) is 9.55 Å². The molecule has 0 fully saturated rings. The molecule has 0 unspecified atom stereocenters. The monoisotopic (exact) mass is 289 g/mol. The Bertz CT molecular complexity index is 650. The van der Waals surface area contributed by atoms with E-state index in [1.165, 1.54) is 0 Å². The van der Waals surface area contributed by atoms with Crippen molar-refractivity contribution >= 4 is 11.8 Å². The van der Waals surface area contributed by atoms with Gasteiger partial charge >= 0.3 is 5.97 Å². The summed E-state index contributed by atoms with van der Waals surface area (Å²) in [6.07, 6.45) is 0. The van der Waals surface area contributed by atoms with Gasteiger partial charge in [-0.1, -0.05) is 12.1 Å². The molecule has 2 N–H and O–H groups in total. The summed E-state index contributed by atoms with van der Waals surface area (Å²) in [5.41, 5.74) is 8.05. The van der Waals surface area contributed by atoms with Crippen LogP contribution in [-0.4, -0.2) is 29.2 Å². The number of methoxy groups -OCH3 is 1. The van der Waals surface area contributed by atoms with Gasteiger partial charge < -0.3 is 15.2 Å². The van der Waals surface area contributed by atoms with Gasteiger partial charge in [-0.25, -0.2) is 9.78 Å². The summed E-state index contributed by atoms with van der Waals surface area (Å²) in [7, 11) is 1.64. The standard InChI is InChI=1S/C15H19N3O3/c1-4-21-15(19)13-14(16)18(10(2)17-13)12-7-5-6-11(8-12)9-20-3/h5-8H,4,9,16H2,1-3H3. The first-order valence-electron chi connectivity index (χ1n) is 6.68. The van der Waals surface area contributed by atoms with Gasteiger partial charge in [0, 0.05) is 12.8 Å². The van der Waals surface area contributed by atoms with Gasteiger partial charge in [0.1, 0.15) is 11.6 Å². The molecule has 0 aliphatic heterocycles. The van der Waals surface area contributed by atoms with Gasteiger partial charge in [-0.05, 0) is 31.5 Å². The molecule has 0 bridgehead atoms. The van der Waals surface area contributed by atoms with Crippen LogP contribution in [0.3, 0.4) is 0 Å². The van der Waals surface area contributed by atoms with Gasteiger partial charge in [0.2, 0.25) is 0 Å². The second kappa shape index (κ2) is 6.41. The van der Waals surface area contributed by atoms with Crippen molar-refractivity contribution in [2.45, 2.75) is 20.5 Å². The fourth-order valence-electron chi connectivity index (χ4n) is 2.18. The number of imidazole rings is 1. The fourth-order valence-corrected chi connectivity index (χ4v) is 2.18. The number of carbonyl (C=O) groups excluding carboxylic acids is 1. The van der Waals surface area contributed by atoms with E-state index in [9.17, 15) is 4.79 Å². The van der Waals surface area contributed by atoms with E-state index in [1.54, 1.807) is 25.5 Å². The van der Waals surface area contributed by atoms with Gasteiger partial charge in [0.05, 0.1) is 13.2 Å². The summed E-state index contributed by atoms with van der Waals surface area (Å²) in [5, 5.41) is 0. The van der Waals surface area contributed by atoms with Gasteiger partial charge in [-0.3, -0.25) is 4.57 Å². The SMILES string of the molecule is CCOC(=O)c1nc(C)n(-c2cccc(COC)c2)c1N. The Kier molecular flexibility index (Phi) is 4.59. The minimum Gasteiger partial charge on any atom is -0.461 e. The number of nitrogen functional groups attached to an aromatic ring is 1. The Morgan fingerprint density at radius 2 is 2.19 bits per heavy atom. The van der Waals surface area contributed by atoms with Crippen molar-refractivity contribution in [1.29, 1.82) is 0 Å². The first kappa shape index (κ1) is 15.1. The molecule has 0 aliphatic carbocycles. The third-order valence-electron chi connectivity index (χ3n) is 3.03. The second-order valence-corrected chi connectivity index (χ2v) is 4.55. The van der Waals surface area contributed by atoms with E-state index in [0.717, 1.165) is 11.3 Å². The number of aryl methyl sites for hydroxylation is 1. The van der Waals surface area contributed by atoms with Crippen LogP contribution in [0.25, 0.3) is 5.69 Å². The predicted octanol–water partition coefficient (Wildman–Crippen LogP) is 2.09. The Labute approximate surface area is 123 Å². The zero-order valence-electron chi connectivity index (χ0n) is 12.4. The predicted molar refractivity (Wildman–Crippen MR) is 79.4 cm³/mol. The van der Waals surface area contributed by atoms with Crippen LogP contribution in [-0.2, 0) is 16.1 Å². The van der Waals surface area contributed by atoms with Crippen LogP contribution in [0.1, 0.15) is 28.8 Å². The second-order valence-electron chi connectivity index (χ2n) is 4.55. The molecule has 0 atom stereocenters. The Hall–Kier alpha value is -2.34. The lowest BCUT2D eigenvalue weighted by Gasteiger charge is -2.09. The largest absolute Gasteiger partial charge is 0.461 e. The van der Waals surface area contributed by atoms with Gasteiger partial charge in [0.15, 0.2) is 5.69 Å². The quantitative estimate of drug-likeness (QED) is 0.852. The normalized spacial score (nSPS) is 10.6. The van der Waals surface area contributed by atoms with Gasteiger partial charge in [0.25, 0.3) is 0 Å². The summed E-state index contributed by atoms with van der Waals surface area (Å²) < 4.78 is 11.8. The van der Waals surface area contributed by atoms with E-state index in [1.807, 2.05) is 24.3 Å². The lowest BCUT2D eigenvalue weighted by molar-refractivity contribution is 0.0521. The molecule has 0 saturated heterocycles. The molecule has 112 valence electrons. The molecule has 0 radical (unpaired) electrons. The maximum absolute atomic E-state index is 11.8. The van der Waals surface area contributed by atoms with Crippen LogP contribution in [0.5, 0.6) is 0 Å². The van der Waals surface area contributed by atoms with Crippen LogP contribution >= 0.6 is 0 Å². The van der Waals surface area contributed by atoms with E-state index in [0.29, 0.717) is 12.4 Å². The molecule has 6 heteroatoms. The summed E-state index contributed by atoms with van der Waals surface area (Å²) in [5.74, 6) is 0.399. The third kappa shape index (κ3) is 3.05. The summed E-state index contributed by atoms with van der Waals surface area (Å²) in [6, 6.07) is 7.72. The molecule has 21 heavy (non-hydrogen) atoms. The molecule has 0 amide bonds. The Morgan fingerprint density at radius 3 is 2.86 bits per heavy atom. The maximum atomic E-state index is 11.8. The van der Waals surface area contributed by atoms with Gasteiger partial charge in [-0.2, -0.15) is 0 Å². The van der Waals surface area contributed by atoms with Crippen molar-refractivity contribution in [3.05, 3.63) is 41.3 Å². The zero-order valence-corrected chi connectivity index (χ0v) is 12.4. The lowest BCUT2D eigenvalue weighted by Crippen LogP contribution is -2.09. The van der Waals surface area contributed by atoms with Crippen molar-refractivity contribution in [2.75, 3.05) is 19.5 Å². The number of aromatic nitrogens is 2. The average molecular weight is 289 g/mol. The van der Waals surface area contributed by atoms with E-state index in [4.69, 9.17) is 15.2 Å². The summed E-state index contributed by atoms with van der Waals surface area (Å²) in [4.78, 5) is 16.0. The molecular formula is C15H19N3O3. The number of anilines is 1. The van der Waals surface area contributed by atoms with Crippen LogP contribution < -0.4 is 5.73 Å². The van der Waals surface area contributed by atoms with Crippen molar-refractivity contribution in [3.63, 3.8) is 0 Å². The molecule has 0 aliphatic rings. The van der Waals surface area contributed by atoms with E-state index in [-0.39, 0.29) is 18.1 Å². The molecule has 0 saturated carbocycles. The topological polar surface area (TPSA) is 79.4 Å². The molecule has 1 aromatic heterocycles. The number of ether oxygens (including phenoxy) is 2. The Morgan fingerprint density at radius 1 is 1.43 bits per heavy atom. The van der Waals surface area contributed by atoms with E-state index >= 15 is 0 Å². The first-order valence-corrected chi connectivity index (χ1v) is 6.68. The molecule has 1 aromatic carbocycles. The average Bonchev–Trinajstić information content (AvgIpc) is 2.75. The highest BCUT2D eigenvalue weighted by Crippen LogP contribution is 2.22. The number of hydrogen-bond acceptors (Lipinski definition) is 5. The van der Waals surface area contributed by atoms with Crippen LogP contribution in [0.15, 0.2) is 24.3 Å². The number of benzene rings is 1. The zero-order chi connectivity index (χ0) is 15.4. The number of carbonyl (C=O) groups is 1. The number of esters is 1. The third-order valence-corrected chi connectivity index (χ3v) is 3.03. The summed E-state index contributed by atoms with van der Waals surface area (Å²) >= 11 is 0. The van der Waals surface area contributed by atoms with Crippen LogP contribution in [0, 0.1) is 6.92 Å². The van der Waals surface area contributed by atoms with Crippen molar-refractivity contribution in [3.8, 4) is 5.69 Å². The van der Waals surface area contributed by atoms with Crippen LogP contribution in [0.4, 0.5) is 5.82 Å². The van der Waals surface area contributed by atoms with E-state index in [2.05, 4.69) is 4.98 Å². The number of hydrogen-bond donors (Lipinski definition) is 1. The highest BCUT2D eigenvalue weighted by atomic mass is 16.5. The smallest absolute Gasteiger partial charge is 0.360 e. The number of rotatable bonds is 5. The van der Waals surface area contributed by atoms with Crippen molar-refractivity contribution < 1.29 is 14.3 Å². The number of nitrogens with zero attached hydrogens (tertiary/aromatic N) is 2. The Balaban J connectivity index is 2.45. The molecule has 2 rings (SSSR count). The van der Waals surface area contributed by atoms with Crippen LogP contribution in [0.2, 0.25) is 0 Å². The maximum Gasteiger partial charge on any atom is 0.360 e. The van der Waals surface area contributed by atoms with E-state index < -0.39 is 5.97 Å². The molecule has 2 aromatic rings. The molecule has 1 heterocycles. The highest BCUT2D eigenvalue weighted by Gasteiger charge is 2.20. The minimum atomic E-state index is -0.509. The molecule has 6 nitrogen and oxygen atoms in total. The highest BCUT2D eigenvalue weighted by molar-refractivity contribution is 5.92. The molecular weight excluding hydrogens is 270 g/mol. The van der Waals surface area contributed by atoms with Gasteiger partial charge in [-0.15, -0.1) is 0 Å². The summed E-state index contributed by atoms with van der Waals surface area (Å²) in [6.45, 7) is 4.33. The first-order chi connectivity index (χ1) is 10.1. The molecule has 0 spiro atoms.